The van der Waals surface area contributed by atoms with E-state index in [2.05, 4.69) is 30.0 Å². The Hall–Kier alpha value is -1.77. The van der Waals surface area contributed by atoms with Crippen molar-refractivity contribution in [3.8, 4) is 0 Å². The second-order valence-electron chi connectivity index (χ2n) is 7.33. The van der Waals surface area contributed by atoms with E-state index in [1.807, 2.05) is 6.07 Å². The Morgan fingerprint density at radius 2 is 1.81 bits per heavy atom. The molecule has 26 heavy (non-hydrogen) atoms. The van der Waals surface area contributed by atoms with Crippen LogP contribution in [0.5, 0.6) is 0 Å². The molecule has 2 atom stereocenters. The molecule has 1 N–H and O–H groups in total. The molecule has 0 saturated carbocycles. The number of carbonyl (C=O) groups is 1. The van der Waals surface area contributed by atoms with Gasteiger partial charge in [-0.1, -0.05) is 0 Å². The molecular weight excluding hydrogens is 332 g/mol. The molecule has 142 valence electrons. The zero-order valence-corrected chi connectivity index (χ0v) is 15.2. The summed E-state index contributed by atoms with van der Waals surface area (Å²) >= 11 is 0. The number of likely N-dealkylation sites (tertiary alicyclic amines) is 1. The van der Waals surface area contributed by atoms with E-state index in [4.69, 9.17) is 4.74 Å². The molecule has 0 unspecified atom stereocenters. The van der Waals surface area contributed by atoms with Crippen molar-refractivity contribution >= 4 is 11.9 Å². The molecule has 0 spiro atoms. The molecular formula is C18H28N6O2. The van der Waals surface area contributed by atoms with Crippen LogP contribution in [0, 0.1) is 0 Å². The molecule has 3 saturated heterocycles. The number of amides is 1. The van der Waals surface area contributed by atoms with Crippen LogP contribution in [0.25, 0.3) is 0 Å². The molecule has 4 heterocycles. The van der Waals surface area contributed by atoms with E-state index in [0.717, 1.165) is 51.8 Å². The van der Waals surface area contributed by atoms with Gasteiger partial charge in [0.25, 0.3) is 0 Å². The summed E-state index contributed by atoms with van der Waals surface area (Å²) in [6.07, 6.45) is 6.05. The Kier molecular flexibility index (Phi) is 5.62. The van der Waals surface area contributed by atoms with Crippen LogP contribution in [0.15, 0.2) is 18.5 Å². The van der Waals surface area contributed by atoms with Crippen LogP contribution in [-0.2, 0) is 9.53 Å². The predicted molar refractivity (Wildman–Crippen MR) is 98.0 cm³/mol. The smallest absolute Gasteiger partial charge is 0.234 e. The third-order valence-electron chi connectivity index (χ3n) is 5.58. The lowest BCUT2D eigenvalue weighted by Crippen LogP contribution is -2.54. The maximum atomic E-state index is 12.5. The molecule has 0 radical (unpaired) electrons. The summed E-state index contributed by atoms with van der Waals surface area (Å²) in [5.74, 6) is 0.877. The molecule has 4 rings (SSSR count). The number of aromatic nitrogens is 2. The van der Waals surface area contributed by atoms with E-state index in [-0.39, 0.29) is 11.9 Å². The van der Waals surface area contributed by atoms with Crippen LogP contribution >= 0.6 is 0 Å². The molecule has 0 aromatic carbocycles. The van der Waals surface area contributed by atoms with Crippen LogP contribution in [-0.4, -0.2) is 96.8 Å². The van der Waals surface area contributed by atoms with Crippen LogP contribution in [0.4, 0.5) is 5.95 Å². The Labute approximate surface area is 154 Å². The van der Waals surface area contributed by atoms with E-state index in [9.17, 15) is 4.79 Å². The van der Waals surface area contributed by atoms with Crippen molar-refractivity contribution in [2.75, 3.05) is 63.9 Å². The monoisotopic (exact) mass is 360 g/mol. The van der Waals surface area contributed by atoms with Gasteiger partial charge in [-0.3, -0.25) is 14.6 Å². The summed E-state index contributed by atoms with van der Waals surface area (Å²) in [4.78, 5) is 28.0. The molecule has 0 bridgehead atoms. The highest BCUT2D eigenvalue weighted by Gasteiger charge is 2.35. The van der Waals surface area contributed by atoms with Crippen molar-refractivity contribution in [1.82, 2.24) is 25.1 Å². The first-order valence-electron chi connectivity index (χ1n) is 9.65. The van der Waals surface area contributed by atoms with E-state index in [0.29, 0.717) is 19.2 Å². The standard InChI is InChI=1S/C18H28N6O2/c25-17(21-15-13-26-14-16(15)23-6-1-2-7-23)12-22-8-10-24(11-9-22)18-19-4-3-5-20-18/h3-5,15-16H,1-2,6-14H2,(H,21,25)/t15-,16-/m0/s1. The second kappa shape index (κ2) is 8.28. The van der Waals surface area contributed by atoms with Gasteiger partial charge in [-0.2, -0.15) is 0 Å². The third kappa shape index (κ3) is 4.13. The van der Waals surface area contributed by atoms with Gasteiger partial charge in [-0.25, -0.2) is 9.97 Å². The Morgan fingerprint density at radius 1 is 1.08 bits per heavy atom. The molecule has 1 aromatic heterocycles. The Balaban J connectivity index is 1.23. The summed E-state index contributed by atoms with van der Waals surface area (Å²) in [7, 11) is 0. The highest BCUT2D eigenvalue weighted by molar-refractivity contribution is 5.78. The number of hydrogen-bond donors (Lipinski definition) is 1. The summed E-state index contributed by atoms with van der Waals surface area (Å²) in [5.41, 5.74) is 0. The molecule has 8 nitrogen and oxygen atoms in total. The summed E-state index contributed by atoms with van der Waals surface area (Å²) in [5, 5.41) is 3.21. The van der Waals surface area contributed by atoms with Crippen molar-refractivity contribution in [2.24, 2.45) is 0 Å². The molecule has 3 aliphatic heterocycles. The molecule has 1 aromatic rings. The number of nitrogens with zero attached hydrogens (tertiary/aromatic N) is 5. The van der Waals surface area contributed by atoms with E-state index < -0.39 is 0 Å². The highest BCUT2D eigenvalue weighted by Crippen LogP contribution is 2.19. The number of ether oxygens (including phenoxy) is 1. The number of anilines is 1. The molecule has 8 heteroatoms. The van der Waals surface area contributed by atoms with Gasteiger partial charge in [-0.15, -0.1) is 0 Å². The Morgan fingerprint density at radius 3 is 2.54 bits per heavy atom. The van der Waals surface area contributed by atoms with Crippen LogP contribution in [0.2, 0.25) is 0 Å². The lowest BCUT2D eigenvalue weighted by molar-refractivity contribution is -0.123. The average molecular weight is 360 g/mol. The minimum absolute atomic E-state index is 0.106. The van der Waals surface area contributed by atoms with Crippen LogP contribution in [0.3, 0.4) is 0 Å². The van der Waals surface area contributed by atoms with Crippen molar-refractivity contribution in [3.63, 3.8) is 0 Å². The van der Waals surface area contributed by atoms with Gasteiger partial charge >= 0.3 is 0 Å². The van der Waals surface area contributed by atoms with Crippen molar-refractivity contribution < 1.29 is 9.53 Å². The maximum Gasteiger partial charge on any atom is 0.234 e. The maximum absolute atomic E-state index is 12.5. The number of carbonyl (C=O) groups excluding carboxylic acids is 1. The van der Waals surface area contributed by atoms with E-state index >= 15 is 0 Å². The highest BCUT2D eigenvalue weighted by atomic mass is 16.5. The number of nitrogens with one attached hydrogen (secondary N) is 1. The van der Waals surface area contributed by atoms with Gasteiger partial charge in [0.2, 0.25) is 11.9 Å². The zero-order chi connectivity index (χ0) is 17.8. The minimum atomic E-state index is 0.106. The first-order chi connectivity index (χ1) is 12.8. The van der Waals surface area contributed by atoms with Gasteiger partial charge in [-0.05, 0) is 32.0 Å². The third-order valence-corrected chi connectivity index (χ3v) is 5.58. The SMILES string of the molecule is O=C(CN1CCN(c2ncccn2)CC1)N[C@H]1COC[C@@H]1N1CCCC1. The Bertz CT molecular complexity index is 587. The normalized spacial score (nSPS) is 27.8. The van der Waals surface area contributed by atoms with Gasteiger partial charge in [0.05, 0.1) is 31.8 Å². The molecule has 1 amide bonds. The minimum Gasteiger partial charge on any atom is -0.378 e. The summed E-state index contributed by atoms with van der Waals surface area (Å²) < 4.78 is 5.65. The average Bonchev–Trinajstić information content (AvgIpc) is 3.34. The van der Waals surface area contributed by atoms with Gasteiger partial charge in [0.15, 0.2) is 0 Å². The van der Waals surface area contributed by atoms with Crippen LogP contribution < -0.4 is 10.2 Å². The van der Waals surface area contributed by atoms with Crippen LogP contribution in [0.1, 0.15) is 12.8 Å². The predicted octanol–water partition coefficient (Wildman–Crippen LogP) is -0.422. The van der Waals surface area contributed by atoms with Crippen molar-refractivity contribution in [1.29, 1.82) is 0 Å². The van der Waals surface area contributed by atoms with E-state index in [1.54, 1.807) is 12.4 Å². The fraction of sp³-hybridized carbons (Fsp3) is 0.722. The number of piperazine rings is 1. The topological polar surface area (TPSA) is 73.8 Å². The van der Waals surface area contributed by atoms with Gasteiger partial charge in [0.1, 0.15) is 0 Å². The van der Waals surface area contributed by atoms with Crippen molar-refractivity contribution in [3.05, 3.63) is 18.5 Å². The molecule has 3 fully saturated rings. The summed E-state index contributed by atoms with van der Waals surface area (Å²) in [6, 6.07) is 2.29. The van der Waals surface area contributed by atoms with Crippen molar-refractivity contribution in [2.45, 2.75) is 24.9 Å². The zero-order valence-electron chi connectivity index (χ0n) is 15.2. The first-order valence-corrected chi connectivity index (χ1v) is 9.65. The first kappa shape index (κ1) is 17.6. The molecule has 0 aliphatic carbocycles. The second-order valence-corrected chi connectivity index (χ2v) is 7.33. The largest absolute Gasteiger partial charge is 0.378 e. The van der Waals surface area contributed by atoms with E-state index in [1.165, 1.54) is 12.8 Å². The lowest BCUT2D eigenvalue weighted by atomic mass is 10.1. The summed E-state index contributed by atoms with van der Waals surface area (Å²) in [6.45, 7) is 7.47. The fourth-order valence-corrected chi connectivity index (χ4v) is 4.13. The number of hydrogen-bond acceptors (Lipinski definition) is 7. The fourth-order valence-electron chi connectivity index (χ4n) is 4.13. The number of rotatable bonds is 5. The van der Waals surface area contributed by atoms with Gasteiger partial charge in [0, 0.05) is 38.6 Å². The quantitative estimate of drug-likeness (QED) is 0.764. The molecule has 3 aliphatic rings. The van der Waals surface area contributed by atoms with Gasteiger partial charge < -0.3 is 15.0 Å². The lowest BCUT2D eigenvalue weighted by Gasteiger charge is -2.34.